The lowest BCUT2D eigenvalue weighted by molar-refractivity contribution is -0.119. The molecule has 1 heterocycles. The van der Waals surface area contributed by atoms with Gasteiger partial charge in [0.05, 0.1) is 23.2 Å². The van der Waals surface area contributed by atoms with Crippen LogP contribution in [0.25, 0.3) is 10.2 Å². The Bertz CT molecular complexity index is 543. The number of carbonyl (C=O) groups is 2. The molecule has 0 bridgehead atoms. The molecule has 0 radical (unpaired) electrons. The SMILES string of the molecule is COCCC(=O)CC(=O)c1nc2ccccc2s1. The summed E-state index contributed by atoms with van der Waals surface area (Å²) in [5, 5.41) is 0.405. The number of aromatic nitrogens is 1. The van der Waals surface area contributed by atoms with Crippen molar-refractivity contribution in [3.8, 4) is 0 Å². The lowest BCUT2D eigenvalue weighted by Gasteiger charge is -1.97. The fourth-order valence-electron chi connectivity index (χ4n) is 1.55. The number of para-hydroxylation sites is 1. The molecule has 0 unspecified atom stereocenters. The number of fused-ring (bicyclic) bond motifs is 1. The van der Waals surface area contributed by atoms with Gasteiger partial charge in [0, 0.05) is 13.5 Å². The standard InChI is InChI=1S/C13H13NO3S/c1-17-7-6-9(15)8-11(16)13-14-10-4-2-3-5-12(10)18-13/h2-5H,6-8H2,1H3. The molecule has 4 nitrogen and oxygen atoms in total. The zero-order chi connectivity index (χ0) is 13.0. The van der Waals surface area contributed by atoms with Gasteiger partial charge in [0.15, 0.2) is 10.8 Å². The summed E-state index contributed by atoms with van der Waals surface area (Å²) >= 11 is 1.33. The highest BCUT2D eigenvalue weighted by Crippen LogP contribution is 2.22. The first-order valence-corrected chi connectivity index (χ1v) is 6.42. The molecule has 1 aromatic heterocycles. The third kappa shape index (κ3) is 3.00. The molecule has 1 aromatic carbocycles. The molecule has 0 aliphatic heterocycles. The van der Waals surface area contributed by atoms with E-state index in [0.717, 1.165) is 10.2 Å². The molecule has 0 spiro atoms. The van der Waals surface area contributed by atoms with E-state index < -0.39 is 0 Å². The van der Waals surface area contributed by atoms with E-state index in [4.69, 9.17) is 4.74 Å². The molecule has 0 saturated heterocycles. The average molecular weight is 263 g/mol. The lowest BCUT2D eigenvalue weighted by atomic mass is 10.1. The van der Waals surface area contributed by atoms with Crippen LogP contribution < -0.4 is 0 Å². The number of carbonyl (C=O) groups excluding carboxylic acids is 2. The third-order valence-electron chi connectivity index (χ3n) is 2.48. The number of hydrogen-bond donors (Lipinski definition) is 0. The Morgan fingerprint density at radius 1 is 1.33 bits per heavy atom. The quantitative estimate of drug-likeness (QED) is 0.593. The summed E-state index contributed by atoms with van der Waals surface area (Å²) < 4.78 is 5.77. The maximum atomic E-state index is 11.9. The number of hydrogen-bond acceptors (Lipinski definition) is 5. The largest absolute Gasteiger partial charge is 0.384 e. The zero-order valence-electron chi connectivity index (χ0n) is 10.0. The van der Waals surface area contributed by atoms with Crippen molar-refractivity contribution in [2.75, 3.05) is 13.7 Å². The summed E-state index contributed by atoms with van der Waals surface area (Å²) in [7, 11) is 1.53. The highest BCUT2D eigenvalue weighted by atomic mass is 32.1. The van der Waals surface area contributed by atoms with Gasteiger partial charge in [-0.1, -0.05) is 12.1 Å². The summed E-state index contributed by atoms with van der Waals surface area (Å²) in [6, 6.07) is 7.55. The zero-order valence-corrected chi connectivity index (χ0v) is 10.8. The molecule has 0 saturated carbocycles. The Balaban J connectivity index is 2.06. The minimum absolute atomic E-state index is 0.0941. The third-order valence-corrected chi connectivity index (χ3v) is 3.55. The molecule has 0 fully saturated rings. The second-order valence-corrected chi connectivity index (χ2v) is 4.90. The van der Waals surface area contributed by atoms with E-state index in [9.17, 15) is 9.59 Å². The van der Waals surface area contributed by atoms with E-state index in [1.54, 1.807) is 0 Å². The molecular weight excluding hydrogens is 250 g/mol. The van der Waals surface area contributed by atoms with Crippen LogP contribution >= 0.6 is 11.3 Å². The number of thiazole rings is 1. The summed E-state index contributed by atoms with van der Waals surface area (Å²) in [6.07, 6.45) is 0.177. The Morgan fingerprint density at radius 2 is 2.11 bits per heavy atom. The van der Waals surface area contributed by atoms with Gasteiger partial charge in [0.2, 0.25) is 0 Å². The maximum absolute atomic E-state index is 11.9. The summed E-state index contributed by atoms with van der Waals surface area (Å²) in [4.78, 5) is 27.6. The van der Waals surface area contributed by atoms with Crippen molar-refractivity contribution in [1.82, 2.24) is 4.98 Å². The Hall–Kier alpha value is -1.59. The second kappa shape index (κ2) is 5.84. The number of ether oxygens (including phenoxy) is 1. The fraction of sp³-hybridized carbons (Fsp3) is 0.308. The van der Waals surface area contributed by atoms with Crippen molar-refractivity contribution >= 4 is 33.1 Å². The van der Waals surface area contributed by atoms with E-state index in [1.165, 1.54) is 18.4 Å². The van der Waals surface area contributed by atoms with Gasteiger partial charge in [0.25, 0.3) is 0 Å². The minimum Gasteiger partial charge on any atom is -0.384 e. The molecule has 0 amide bonds. The second-order valence-electron chi connectivity index (χ2n) is 3.87. The molecule has 0 N–H and O–H groups in total. The van der Waals surface area contributed by atoms with E-state index in [2.05, 4.69) is 4.98 Å². The Kier molecular flexibility index (Phi) is 4.17. The van der Waals surface area contributed by atoms with Crippen LogP contribution in [0.15, 0.2) is 24.3 Å². The van der Waals surface area contributed by atoms with Crippen molar-refractivity contribution in [2.24, 2.45) is 0 Å². The lowest BCUT2D eigenvalue weighted by Crippen LogP contribution is -2.09. The predicted molar refractivity (Wildman–Crippen MR) is 70.1 cm³/mol. The van der Waals surface area contributed by atoms with Gasteiger partial charge in [-0.25, -0.2) is 4.98 Å². The van der Waals surface area contributed by atoms with Crippen LogP contribution in [0.1, 0.15) is 22.6 Å². The first-order valence-electron chi connectivity index (χ1n) is 5.60. The van der Waals surface area contributed by atoms with Crippen molar-refractivity contribution in [3.05, 3.63) is 29.3 Å². The Morgan fingerprint density at radius 3 is 2.83 bits per heavy atom. The first kappa shape index (κ1) is 12.9. The van der Waals surface area contributed by atoms with Crippen molar-refractivity contribution in [2.45, 2.75) is 12.8 Å². The highest BCUT2D eigenvalue weighted by Gasteiger charge is 2.15. The molecule has 18 heavy (non-hydrogen) atoms. The molecule has 2 aromatic rings. The maximum Gasteiger partial charge on any atom is 0.198 e. The van der Waals surface area contributed by atoms with E-state index in [1.807, 2.05) is 24.3 Å². The molecule has 2 rings (SSSR count). The number of ketones is 2. The van der Waals surface area contributed by atoms with Gasteiger partial charge in [-0.2, -0.15) is 0 Å². The van der Waals surface area contributed by atoms with Gasteiger partial charge in [-0.05, 0) is 12.1 Å². The molecule has 5 heteroatoms. The minimum atomic E-state index is -0.211. The van der Waals surface area contributed by atoms with Gasteiger partial charge in [-0.15, -0.1) is 11.3 Å². The first-order chi connectivity index (χ1) is 8.70. The van der Waals surface area contributed by atoms with E-state index in [0.29, 0.717) is 11.6 Å². The van der Waals surface area contributed by atoms with Crippen LogP contribution in [0, 0.1) is 0 Å². The normalized spacial score (nSPS) is 10.7. The van der Waals surface area contributed by atoms with Crippen LogP contribution in [0.2, 0.25) is 0 Å². The molecule has 0 atom stereocenters. The number of benzene rings is 1. The molecule has 94 valence electrons. The Labute approximate surface area is 109 Å². The van der Waals surface area contributed by atoms with Crippen LogP contribution in [0.5, 0.6) is 0 Å². The summed E-state index contributed by atoms with van der Waals surface area (Å²) in [6.45, 7) is 0.353. The number of methoxy groups -OCH3 is 1. The smallest absolute Gasteiger partial charge is 0.198 e. The number of nitrogens with zero attached hydrogens (tertiary/aromatic N) is 1. The highest BCUT2D eigenvalue weighted by molar-refractivity contribution is 7.20. The van der Waals surface area contributed by atoms with Gasteiger partial charge in [0.1, 0.15) is 5.78 Å². The number of rotatable bonds is 6. The van der Waals surface area contributed by atoms with Crippen LogP contribution in [-0.2, 0) is 9.53 Å². The van der Waals surface area contributed by atoms with Crippen molar-refractivity contribution in [3.63, 3.8) is 0 Å². The monoisotopic (exact) mass is 263 g/mol. The van der Waals surface area contributed by atoms with Crippen LogP contribution in [-0.4, -0.2) is 30.3 Å². The summed E-state index contributed by atoms with van der Waals surface area (Å²) in [5.41, 5.74) is 0.801. The van der Waals surface area contributed by atoms with Gasteiger partial charge >= 0.3 is 0 Å². The molecule has 0 aliphatic carbocycles. The van der Waals surface area contributed by atoms with Crippen LogP contribution in [0.3, 0.4) is 0 Å². The molecular formula is C13H13NO3S. The number of Topliss-reactive ketones (excluding diaryl/α,β-unsaturated/α-hetero) is 2. The van der Waals surface area contributed by atoms with Crippen molar-refractivity contribution < 1.29 is 14.3 Å². The average Bonchev–Trinajstić information content (AvgIpc) is 2.80. The van der Waals surface area contributed by atoms with Gasteiger partial charge < -0.3 is 4.74 Å². The van der Waals surface area contributed by atoms with Crippen molar-refractivity contribution in [1.29, 1.82) is 0 Å². The van der Waals surface area contributed by atoms with Gasteiger partial charge in [-0.3, -0.25) is 9.59 Å². The predicted octanol–water partition coefficient (Wildman–Crippen LogP) is 2.47. The van der Waals surface area contributed by atoms with Crippen LogP contribution in [0.4, 0.5) is 0 Å². The topological polar surface area (TPSA) is 56.3 Å². The molecule has 0 aliphatic rings. The summed E-state index contributed by atoms with van der Waals surface area (Å²) in [5.74, 6) is -0.321. The van der Waals surface area contributed by atoms with E-state index in [-0.39, 0.29) is 24.4 Å². The van der Waals surface area contributed by atoms with E-state index >= 15 is 0 Å². The fourth-order valence-corrected chi connectivity index (χ4v) is 2.45.